The molecular formula is C16H24N2O4S. The van der Waals surface area contributed by atoms with E-state index in [-0.39, 0.29) is 16.8 Å². The molecular weight excluding hydrogens is 316 g/mol. The average Bonchev–Trinajstić information content (AvgIpc) is 2.99. The molecule has 1 amide bonds. The van der Waals surface area contributed by atoms with E-state index in [4.69, 9.17) is 4.74 Å². The molecule has 6 nitrogen and oxygen atoms in total. The number of ether oxygens (including phenoxy) is 1. The van der Waals surface area contributed by atoms with Crippen LogP contribution in [-0.4, -0.2) is 40.6 Å². The van der Waals surface area contributed by atoms with Crippen LogP contribution in [0.3, 0.4) is 0 Å². The van der Waals surface area contributed by atoms with E-state index in [1.54, 1.807) is 26.2 Å². The Hall–Kier alpha value is -1.44. The maximum Gasteiger partial charge on any atom is 0.251 e. The van der Waals surface area contributed by atoms with E-state index >= 15 is 0 Å². The summed E-state index contributed by atoms with van der Waals surface area (Å²) in [6, 6.07) is 4.64. The molecule has 0 atom stereocenters. The fourth-order valence-electron chi connectivity index (χ4n) is 2.71. The summed E-state index contributed by atoms with van der Waals surface area (Å²) < 4.78 is 32.6. The lowest BCUT2D eigenvalue weighted by atomic mass is 10.1. The van der Waals surface area contributed by atoms with Crippen LogP contribution in [0.5, 0.6) is 0 Å². The molecule has 1 aliphatic rings. The second kappa shape index (κ2) is 7.90. The van der Waals surface area contributed by atoms with Crippen LogP contribution in [0.25, 0.3) is 0 Å². The zero-order valence-electron chi connectivity index (χ0n) is 13.6. The highest BCUT2D eigenvalue weighted by molar-refractivity contribution is 7.89. The van der Waals surface area contributed by atoms with E-state index in [0.717, 1.165) is 31.2 Å². The maximum atomic E-state index is 12.5. The zero-order chi connectivity index (χ0) is 16.9. The lowest BCUT2D eigenvalue weighted by Gasteiger charge is -2.14. The van der Waals surface area contributed by atoms with Crippen LogP contribution in [0.1, 0.15) is 41.6 Å². The predicted molar refractivity (Wildman–Crippen MR) is 88.0 cm³/mol. The van der Waals surface area contributed by atoms with Crippen LogP contribution in [0.4, 0.5) is 0 Å². The molecule has 0 radical (unpaired) electrons. The monoisotopic (exact) mass is 340 g/mol. The van der Waals surface area contributed by atoms with Gasteiger partial charge in [-0.3, -0.25) is 4.79 Å². The van der Waals surface area contributed by atoms with E-state index in [0.29, 0.717) is 18.7 Å². The Bertz CT molecular complexity index is 652. The van der Waals surface area contributed by atoms with Gasteiger partial charge < -0.3 is 10.1 Å². The summed E-state index contributed by atoms with van der Waals surface area (Å²) in [6.07, 6.45) is 3.84. The summed E-state index contributed by atoms with van der Waals surface area (Å²) in [5.41, 5.74) is 1.11. The number of hydrogen-bond acceptors (Lipinski definition) is 4. The van der Waals surface area contributed by atoms with Gasteiger partial charge in [0, 0.05) is 25.3 Å². The minimum absolute atomic E-state index is 0.000262. The highest BCUT2D eigenvalue weighted by Gasteiger charge is 2.24. The van der Waals surface area contributed by atoms with Crippen LogP contribution in [0, 0.1) is 6.92 Å². The maximum absolute atomic E-state index is 12.5. The van der Waals surface area contributed by atoms with Crippen molar-refractivity contribution in [3.8, 4) is 0 Å². The number of carbonyl (C=O) groups excluding carboxylic acids is 1. The standard InChI is InChI=1S/C16H24N2O4S/c1-12-7-8-14(11-15(12)16(19)17-9-10-22-2)23(20,21)18-13-5-3-4-6-13/h7-8,11,13,18H,3-6,9-10H2,1-2H3,(H,17,19). The van der Waals surface area contributed by atoms with Gasteiger partial charge in [0.25, 0.3) is 5.91 Å². The minimum Gasteiger partial charge on any atom is -0.383 e. The molecule has 1 aromatic rings. The molecule has 2 N–H and O–H groups in total. The molecule has 1 aliphatic carbocycles. The third kappa shape index (κ3) is 4.76. The number of methoxy groups -OCH3 is 1. The van der Waals surface area contributed by atoms with Gasteiger partial charge in [-0.25, -0.2) is 13.1 Å². The lowest BCUT2D eigenvalue weighted by Crippen LogP contribution is -2.33. The highest BCUT2D eigenvalue weighted by Crippen LogP contribution is 2.21. The molecule has 0 heterocycles. The number of hydrogen-bond donors (Lipinski definition) is 2. The number of sulfonamides is 1. The third-order valence-corrected chi connectivity index (χ3v) is 5.55. The van der Waals surface area contributed by atoms with Crippen molar-refractivity contribution in [1.82, 2.24) is 10.0 Å². The molecule has 23 heavy (non-hydrogen) atoms. The van der Waals surface area contributed by atoms with E-state index in [1.807, 2.05) is 0 Å². The van der Waals surface area contributed by atoms with Gasteiger partial charge in [0.2, 0.25) is 10.0 Å². The topological polar surface area (TPSA) is 84.5 Å². The summed E-state index contributed by atoms with van der Waals surface area (Å²) in [5, 5.41) is 2.71. The van der Waals surface area contributed by atoms with Gasteiger partial charge in [-0.15, -0.1) is 0 Å². The van der Waals surface area contributed by atoms with Gasteiger partial charge >= 0.3 is 0 Å². The first-order valence-electron chi connectivity index (χ1n) is 7.84. The molecule has 0 unspecified atom stereocenters. The lowest BCUT2D eigenvalue weighted by molar-refractivity contribution is 0.0936. The van der Waals surface area contributed by atoms with Crippen molar-refractivity contribution >= 4 is 15.9 Å². The molecule has 7 heteroatoms. The van der Waals surface area contributed by atoms with Crippen molar-refractivity contribution in [2.24, 2.45) is 0 Å². The third-order valence-electron chi connectivity index (χ3n) is 4.03. The Kier molecular flexibility index (Phi) is 6.15. The van der Waals surface area contributed by atoms with Crippen LogP contribution >= 0.6 is 0 Å². The summed E-state index contributed by atoms with van der Waals surface area (Å²) in [7, 11) is -2.04. The highest BCUT2D eigenvalue weighted by atomic mass is 32.2. The number of carbonyl (C=O) groups is 1. The van der Waals surface area contributed by atoms with Crippen LogP contribution in [0.2, 0.25) is 0 Å². The first-order chi connectivity index (χ1) is 10.9. The molecule has 1 saturated carbocycles. The van der Waals surface area contributed by atoms with Gasteiger partial charge in [-0.05, 0) is 37.5 Å². The Labute approximate surface area is 137 Å². The molecule has 2 rings (SSSR count). The Morgan fingerprint density at radius 2 is 2.00 bits per heavy atom. The first-order valence-corrected chi connectivity index (χ1v) is 9.32. The molecule has 128 valence electrons. The normalized spacial score (nSPS) is 15.7. The van der Waals surface area contributed by atoms with E-state index in [1.165, 1.54) is 6.07 Å². The zero-order valence-corrected chi connectivity index (χ0v) is 14.4. The Morgan fingerprint density at radius 1 is 1.30 bits per heavy atom. The van der Waals surface area contributed by atoms with Crippen molar-refractivity contribution in [3.05, 3.63) is 29.3 Å². The van der Waals surface area contributed by atoms with E-state index in [2.05, 4.69) is 10.0 Å². The second-order valence-corrected chi connectivity index (χ2v) is 7.54. The minimum atomic E-state index is -3.60. The van der Waals surface area contributed by atoms with Gasteiger partial charge in [-0.1, -0.05) is 18.9 Å². The fourth-order valence-corrected chi connectivity index (χ4v) is 4.04. The number of benzene rings is 1. The summed E-state index contributed by atoms with van der Waals surface area (Å²) >= 11 is 0. The van der Waals surface area contributed by atoms with E-state index in [9.17, 15) is 13.2 Å². The summed E-state index contributed by atoms with van der Waals surface area (Å²) in [4.78, 5) is 12.3. The molecule has 1 fully saturated rings. The summed E-state index contributed by atoms with van der Waals surface area (Å²) in [5.74, 6) is -0.294. The molecule has 0 aliphatic heterocycles. The predicted octanol–water partition coefficient (Wildman–Crippen LogP) is 1.59. The van der Waals surface area contributed by atoms with Gasteiger partial charge in [0.05, 0.1) is 11.5 Å². The number of amides is 1. The van der Waals surface area contributed by atoms with Crippen LogP contribution in [0.15, 0.2) is 23.1 Å². The Morgan fingerprint density at radius 3 is 2.65 bits per heavy atom. The van der Waals surface area contributed by atoms with Crippen LogP contribution < -0.4 is 10.0 Å². The molecule has 0 aromatic heterocycles. The van der Waals surface area contributed by atoms with Gasteiger partial charge in [-0.2, -0.15) is 0 Å². The molecule has 0 spiro atoms. The van der Waals surface area contributed by atoms with E-state index < -0.39 is 10.0 Å². The smallest absolute Gasteiger partial charge is 0.251 e. The van der Waals surface area contributed by atoms with Gasteiger partial charge in [0.15, 0.2) is 0 Å². The van der Waals surface area contributed by atoms with Crippen molar-refractivity contribution in [1.29, 1.82) is 0 Å². The quantitative estimate of drug-likeness (QED) is 0.738. The molecule has 1 aromatic carbocycles. The number of aryl methyl sites for hydroxylation is 1. The number of nitrogens with one attached hydrogen (secondary N) is 2. The van der Waals surface area contributed by atoms with Crippen molar-refractivity contribution in [2.45, 2.75) is 43.5 Å². The molecule has 0 saturated heterocycles. The fraction of sp³-hybridized carbons (Fsp3) is 0.562. The first kappa shape index (κ1) is 17.9. The van der Waals surface area contributed by atoms with Gasteiger partial charge in [0.1, 0.15) is 0 Å². The summed E-state index contributed by atoms with van der Waals surface area (Å²) in [6.45, 7) is 2.57. The SMILES string of the molecule is COCCNC(=O)c1cc(S(=O)(=O)NC2CCCC2)ccc1C. The van der Waals surface area contributed by atoms with Crippen molar-refractivity contribution in [2.75, 3.05) is 20.3 Å². The molecule has 0 bridgehead atoms. The Balaban J connectivity index is 2.16. The van der Waals surface area contributed by atoms with Crippen molar-refractivity contribution < 1.29 is 17.9 Å². The van der Waals surface area contributed by atoms with Crippen LogP contribution in [-0.2, 0) is 14.8 Å². The average molecular weight is 340 g/mol. The largest absolute Gasteiger partial charge is 0.383 e. The number of rotatable bonds is 7. The second-order valence-electron chi connectivity index (χ2n) is 5.83. The van der Waals surface area contributed by atoms with Crippen molar-refractivity contribution in [3.63, 3.8) is 0 Å².